The third-order valence-corrected chi connectivity index (χ3v) is 5.11. The van der Waals surface area contributed by atoms with Gasteiger partial charge in [-0.2, -0.15) is 4.99 Å². The molecule has 1 amide bonds. The highest BCUT2D eigenvalue weighted by Crippen LogP contribution is 2.23. The quantitative estimate of drug-likeness (QED) is 0.636. The second-order valence-corrected chi connectivity index (χ2v) is 6.69. The van der Waals surface area contributed by atoms with E-state index in [1.54, 1.807) is 23.6 Å². The van der Waals surface area contributed by atoms with Crippen molar-refractivity contribution in [3.63, 3.8) is 0 Å². The zero-order valence-corrected chi connectivity index (χ0v) is 15.4. The van der Waals surface area contributed by atoms with Crippen molar-refractivity contribution in [3.8, 4) is 0 Å². The molecule has 1 aromatic heterocycles. The molecule has 0 saturated heterocycles. The highest BCUT2D eigenvalue weighted by atomic mass is 32.1. The van der Waals surface area contributed by atoms with Gasteiger partial charge < -0.3 is 9.30 Å². The van der Waals surface area contributed by atoms with E-state index in [4.69, 9.17) is 4.74 Å². The average molecular weight is 390 g/mol. The van der Waals surface area contributed by atoms with Crippen molar-refractivity contribution >= 4 is 33.4 Å². The molecule has 1 unspecified atom stereocenters. The first-order chi connectivity index (χ1) is 13.0. The lowest BCUT2D eigenvalue weighted by Crippen LogP contribution is -2.28. The van der Waals surface area contributed by atoms with Crippen LogP contribution in [0.25, 0.3) is 10.2 Å². The Morgan fingerprint density at radius 1 is 1.15 bits per heavy atom. The molecule has 0 spiro atoms. The van der Waals surface area contributed by atoms with Gasteiger partial charge in [0, 0.05) is 0 Å². The van der Waals surface area contributed by atoms with E-state index in [1.807, 2.05) is 12.1 Å². The van der Waals surface area contributed by atoms with Crippen molar-refractivity contribution in [1.82, 2.24) is 4.57 Å². The molecular formula is C19H16F2N2O3S. The molecule has 140 valence electrons. The second kappa shape index (κ2) is 7.79. The van der Waals surface area contributed by atoms with Gasteiger partial charge in [0.1, 0.15) is 23.2 Å². The summed E-state index contributed by atoms with van der Waals surface area (Å²) in [5.74, 6) is -3.52. The Morgan fingerprint density at radius 2 is 1.81 bits per heavy atom. The van der Waals surface area contributed by atoms with Crippen LogP contribution in [0, 0.1) is 11.6 Å². The topological polar surface area (TPSA) is 60.7 Å². The fourth-order valence-corrected chi connectivity index (χ4v) is 3.87. The van der Waals surface area contributed by atoms with Gasteiger partial charge in [0.15, 0.2) is 4.80 Å². The van der Waals surface area contributed by atoms with Crippen LogP contribution in [-0.2, 0) is 9.53 Å². The molecule has 0 aliphatic heterocycles. The molecule has 27 heavy (non-hydrogen) atoms. The molecular weight excluding hydrogens is 374 g/mol. The zero-order chi connectivity index (χ0) is 19.6. The molecule has 0 saturated carbocycles. The molecule has 1 heterocycles. The van der Waals surface area contributed by atoms with Crippen LogP contribution in [0.3, 0.4) is 0 Å². The number of nitrogens with zero attached hydrogens (tertiary/aromatic N) is 2. The van der Waals surface area contributed by atoms with E-state index < -0.39 is 35.1 Å². The van der Waals surface area contributed by atoms with E-state index in [9.17, 15) is 18.4 Å². The molecule has 2 aromatic carbocycles. The summed E-state index contributed by atoms with van der Waals surface area (Å²) in [6.07, 6.45) is 0.392. The van der Waals surface area contributed by atoms with Gasteiger partial charge in [-0.25, -0.2) is 13.6 Å². The number of carbonyl (C=O) groups is 2. The van der Waals surface area contributed by atoms with Crippen LogP contribution in [0.5, 0.6) is 0 Å². The summed E-state index contributed by atoms with van der Waals surface area (Å²) in [5, 5.41) is 0. The summed E-state index contributed by atoms with van der Waals surface area (Å²) in [6.45, 7) is 1.79. The number of amides is 1. The Kier molecular flexibility index (Phi) is 5.46. The number of aromatic nitrogens is 1. The number of hydrogen-bond donors (Lipinski definition) is 0. The van der Waals surface area contributed by atoms with Crippen LogP contribution in [0.15, 0.2) is 47.5 Å². The number of esters is 1. The minimum Gasteiger partial charge on any atom is -0.467 e. The molecule has 8 heteroatoms. The molecule has 3 rings (SSSR count). The number of para-hydroxylation sites is 1. The number of methoxy groups -OCH3 is 1. The third kappa shape index (κ3) is 3.52. The van der Waals surface area contributed by atoms with Gasteiger partial charge in [0.2, 0.25) is 0 Å². The summed E-state index contributed by atoms with van der Waals surface area (Å²) in [7, 11) is 1.27. The van der Waals surface area contributed by atoms with Crippen molar-refractivity contribution in [1.29, 1.82) is 0 Å². The smallest absolute Gasteiger partial charge is 0.328 e. The first-order valence-electron chi connectivity index (χ1n) is 8.18. The maximum absolute atomic E-state index is 13.9. The molecule has 0 aliphatic rings. The number of halogens is 2. The highest BCUT2D eigenvalue weighted by Gasteiger charge is 2.24. The fourth-order valence-electron chi connectivity index (χ4n) is 2.81. The van der Waals surface area contributed by atoms with E-state index in [0.29, 0.717) is 11.9 Å². The minimum absolute atomic E-state index is 0.168. The van der Waals surface area contributed by atoms with Crippen molar-refractivity contribution in [3.05, 3.63) is 64.5 Å². The lowest BCUT2D eigenvalue weighted by Gasteiger charge is -2.15. The van der Waals surface area contributed by atoms with Gasteiger partial charge in [-0.15, -0.1) is 0 Å². The van der Waals surface area contributed by atoms with Crippen molar-refractivity contribution < 1.29 is 23.1 Å². The van der Waals surface area contributed by atoms with Gasteiger partial charge in [0.25, 0.3) is 5.91 Å². The van der Waals surface area contributed by atoms with Gasteiger partial charge >= 0.3 is 5.97 Å². The summed E-state index contributed by atoms with van der Waals surface area (Å²) in [6, 6.07) is 9.64. The standard InChI is InChI=1S/C19H16F2N2O3S/c1-3-13(18(25)26-2)23-14-9-4-5-10-15(14)27-19(23)22-17(24)16-11(20)7-6-8-12(16)21/h4-10,13H,3H2,1-2H3. The number of thiazole rings is 1. The number of benzene rings is 2. The van der Waals surface area contributed by atoms with Crippen LogP contribution in [-0.4, -0.2) is 23.6 Å². The molecule has 5 nitrogen and oxygen atoms in total. The fraction of sp³-hybridized carbons (Fsp3) is 0.211. The van der Waals surface area contributed by atoms with Gasteiger partial charge in [-0.3, -0.25) is 4.79 Å². The molecule has 0 bridgehead atoms. The normalized spacial score (nSPS) is 13.0. The SMILES string of the molecule is CCC(C(=O)OC)n1c(=NC(=O)c2c(F)cccc2F)sc2ccccc21. The molecule has 0 aliphatic carbocycles. The zero-order valence-electron chi connectivity index (χ0n) is 14.6. The van der Waals surface area contributed by atoms with Crippen LogP contribution >= 0.6 is 11.3 Å². The van der Waals surface area contributed by atoms with Crippen molar-refractivity contribution in [2.24, 2.45) is 4.99 Å². The van der Waals surface area contributed by atoms with Crippen molar-refractivity contribution in [2.75, 3.05) is 7.11 Å². The lowest BCUT2D eigenvalue weighted by atomic mass is 10.2. The van der Waals surface area contributed by atoms with E-state index in [-0.39, 0.29) is 4.80 Å². The Hall–Kier alpha value is -2.87. The predicted octanol–water partition coefficient (Wildman–Crippen LogP) is 3.85. The van der Waals surface area contributed by atoms with E-state index >= 15 is 0 Å². The Balaban J connectivity index is 2.25. The molecule has 0 N–H and O–H groups in total. The minimum atomic E-state index is -1.05. The Bertz CT molecular complexity index is 1070. The highest BCUT2D eigenvalue weighted by molar-refractivity contribution is 7.16. The summed E-state index contributed by atoms with van der Waals surface area (Å²) in [5.41, 5.74) is -0.0482. The average Bonchev–Trinajstić information content (AvgIpc) is 3.00. The van der Waals surface area contributed by atoms with E-state index in [2.05, 4.69) is 4.99 Å². The molecule has 0 radical (unpaired) electrons. The first kappa shape index (κ1) is 18.9. The Morgan fingerprint density at radius 3 is 2.44 bits per heavy atom. The van der Waals surface area contributed by atoms with Gasteiger partial charge in [-0.1, -0.05) is 36.5 Å². The molecule has 1 atom stereocenters. The monoisotopic (exact) mass is 390 g/mol. The summed E-state index contributed by atoms with van der Waals surface area (Å²) in [4.78, 5) is 28.8. The van der Waals surface area contributed by atoms with Crippen LogP contribution < -0.4 is 4.80 Å². The number of hydrogen-bond acceptors (Lipinski definition) is 4. The van der Waals surface area contributed by atoms with E-state index in [1.165, 1.54) is 13.2 Å². The number of carbonyl (C=O) groups excluding carboxylic acids is 2. The lowest BCUT2D eigenvalue weighted by molar-refractivity contribution is -0.144. The third-order valence-electron chi connectivity index (χ3n) is 4.08. The van der Waals surface area contributed by atoms with Crippen LogP contribution in [0.1, 0.15) is 29.7 Å². The number of rotatable bonds is 4. The summed E-state index contributed by atoms with van der Waals surface area (Å²) < 4.78 is 35.0. The summed E-state index contributed by atoms with van der Waals surface area (Å²) >= 11 is 1.15. The maximum atomic E-state index is 13.9. The molecule has 0 fully saturated rings. The number of ether oxygens (including phenoxy) is 1. The predicted molar refractivity (Wildman–Crippen MR) is 97.4 cm³/mol. The van der Waals surface area contributed by atoms with Gasteiger partial charge in [-0.05, 0) is 30.7 Å². The van der Waals surface area contributed by atoms with E-state index in [0.717, 1.165) is 28.2 Å². The maximum Gasteiger partial charge on any atom is 0.328 e. The molecule has 3 aromatic rings. The second-order valence-electron chi connectivity index (χ2n) is 5.68. The largest absolute Gasteiger partial charge is 0.467 e. The number of fused-ring (bicyclic) bond motifs is 1. The first-order valence-corrected chi connectivity index (χ1v) is 9.00. The van der Waals surface area contributed by atoms with Crippen molar-refractivity contribution in [2.45, 2.75) is 19.4 Å². The van der Waals surface area contributed by atoms with Crippen LogP contribution in [0.2, 0.25) is 0 Å². The van der Waals surface area contributed by atoms with Gasteiger partial charge in [0.05, 0.1) is 17.3 Å². The Labute approximate surface area is 157 Å². The van der Waals surface area contributed by atoms with Crippen LogP contribution in [0.4, 0.5) is 8.78 Å².